The minimum Gasteiger partial charge on any atom is -0.367 e. The van der Waals surface area contributed by atoms with Gasteiger partial charge in [0.15, 0.2) is 0 Å². The molecule has 1 fully saturated rings. The van der Waals surface area contributed by atoms with Gasteiger partial charge in [0.25, 0.3) is 5.91 Å². The molecule has 0 spiro atoms. The van der Waals surface area contributed by atoms with E-state index in [4.69, 9.17) is 5.73 Å². The SMILES string of the molecule is Cn1cc(N2CCN(c3cccc(F)c3C(N)=O)CC2)cn1. The lowest BCUT2D eigenvalue weighted by atomic mass is 10.1. The summed E-state index contributed by atoms with van der Waals surface area (Å²) in [7, 11) is 1.88. The summed E-state index contributed by atoms with van der Waals surface area (Å²) in [6.07, 6.45) is 3.79. The van der Waals surface area contributed by atoms with Gasteiger partial charge in [-0.2, -0.15) is 5.10 Å². The first-order valence-corrected chi connectivity index (χ1v) is 7.13. The van der Waals surface area contributed by atoms with Crippen molar-refractivity contribution in [3.05, 3.63) is 42.0 Å². The molecule has 116 valence electrons. The lowest BCUT2D eigenvalue weighted by Crippen LogP contribution is -2.47. The van der Waals surface area contributed by atoms with Crippen LogP contribution in [0, 0.1) is 5.82 Å². The van der Waals surface area contributed by atoms with Crippen LogP contribution < -0.4 is 15.5 Å². The molecule has 3 rings (SSSR count). The molecule has 0 unspecified atom stereocenters. The number of benzene rings is 1. The molecule has 1 saturated heterocycles. The monoisotopic (exact) mass is 303 g/mol. The van der Waals surface area contributed by atoms with Crippen LogP contribution >= 0.6 is 0 Å². The zero-order chi connectivity index (χ0) is 15.7. The third kappa shape index (κ3) is 2.61. The average Bonchev–Trinajstić information content (AvgIpc) is 2.93. The van der Waals surface area contributed by atoms with Crippen LogP contribution in [0.1, 0.15) is 10.4 Å². The van der Waals surface area contributed by atoms with Crippen molar-refractivity contribution in [2.75, 3.05) is 36.0 Å². The number of nitrogens with zero attached hydrogens (tertiary/aromatic N) is 4. The number of amides is 1. The van der Waals surface area contributed by atoms with Crippen LogP contribution in [0.15, 0.2) is 30.6 Å². The lowest BCUT2D eigenvalue weighted by molar-refractivity contribution is 0.0997. The fourth-order valence-electron chi connectivity index (χ4n) is 2.80. The standard InChI is InChI=1S/C15H18FN5O/c1-19-10-11(9-18-19)20-5-7-21(8-6-20)13-4-2-3-12(16)14(13)15(17)22/h2-4,9-10H,5-8H2,1H3,(H2,17,22). The summed E-state index contributed by atoms with van der Waals surface area (Å²) in [5.74, 6) is -1.30. The van der Waals surface area contributed by atoms with Gasteiger partial charge in [0.2, 0.25) is 0 Å². The Kier molecular flexibility index (Phi) is 3.70. The van der Waals surface area contributed by atoms with Crippen molar-refractivity contribution in [1.82, 2.24) is 9.78 Å². The topological polar surface area (TPSA) is 67.4 Å². The van der Waals surface area contributed by atoms with Gasteiger partial charge in [-0.3, -0.25) is 9.48 Å². The lowest BCUT2D eigenvalue weighted by Gasteiger charge is -2.37. The van der Waals surface area contributed by atoms with E-state index in [-0.39, 0.29) is 5.56 Å². The summed E-state index contributed by atoms with van der Waals surface area (Å²) in [4.78, 5) is 15.7. The summed E-state index contributed by atoms with van der Waals surface area (Å²) in [6.45, 7) is 2.94. The van der Waals surface area contributed by atoms with E-state index in [0.717, 1.165) is 18.8 Å². The van der Waals surface area contributed by atoms with Crippen LogP contribution in [0.5, 0.6) is 0 Å². The first-order valence-electron chi connectivity index (χ1n) is 7.13. The summed E-state index contributed by atoms with van der Waals surface area (Å²) in [5, 5.41) is 4.17. The Balaban J connectivity index is 1.77. The van der Waals surface area contributed by atoms with E-state index in [2.05, 4.69) is 10.00 Å². The summed E-state index contributed by atoms with van der Waals surface area (Å²) >= 11 is 0. The van der Waals surface area contributed by atoms with E-state index in [9.17, 15) is 9.18 Å². The van der Waals surface area contributed by atoms with Gasteiger partial charge in [0.1, 0.15) is 5.82 Å². The Labute approximate surface area is 127 Å². The molecule has 6 nitrogen and oxygen atoms in total. The number of halogens is 1. The average molecular weight is 303 g/mol. The van der Waals surface area contributed by atoms with Crippen molar-refractivity contribution in [2.24, 2.45) is 12.8 Å². The molecule has 0 bridgehead atoms. The van der Waals surface area contributed by atoms with Gasteiger partial charge >= 0.3 is 0 Å². The minimum atomic E-state index is -0.734. The van der Waals surface area contributed by atoms with Gasteiger partial charge in [0.05, 0.1) is 23.1 Å². The third-order valence-corrected chi connectivity index (χ3v) is 3.91. The van der Waals surface area contributed by atoms with Crippen LogP contribution in [0.4, 0.5) is 15.8 Å². The van der Waals surface area contributed by atoms with Crippen molar-refractivity contribution < 1.29 is 9.18 Å². The van der Waals surface area contributed by atoms with Crippen LogP contribution in [0.25, 0.3) is 0 Å². The van der Waals surface area contributed by atoms with E-state index in [1.54, 1.807) is 16.8 Å². The maximum absolute atomic E-state index is 13.9. The molecule has 1 aliphatic heterocycles. The highest BCUT2D eigenvalue weighted by atomic mass is 19.1. The second kappa shape index (κ2) is 5.67. The van der Waals surface area contributed by atoms with Crippen molar-refractivity contribution in [3.63, 3.8) is 0 Å². The van der Waals surface area contributed by atoms with Gasteiger partial charge < -0.3 is 15.5 Å². The molecular formula is C15H18FN5O. The molecule has 2 aromatic rings. The molecule has 1 aromatic heterocycles. The smallest absolute Gasteiger partial charge is 0.253 e. The zero-order valence-electron chi connectivity index (χ0n) is 12.4. The Hall–Kier alpha value is -2.57. The van der Waals surface area contributed by atoms with Gasteiger partial charge in [0, 0.05) is 39.4 Å². The fraction of sp³-hybridized carbons (Fsp3) is 0.333. The molecule has 2 heterocycles. The van der Waals surface area contributed by atoms with Gasteiger partial charge in [-0.15, -0.1) is 0 Å². The van der Waals surface area contributed by atoms with Crippen LogP contribution in [-0.4, -0.2) is 41.9 Å². The maximum Gasteiger partial charge on any atom is 0.253 e. The third-order valence-electron chi connectivity index (χ3n) is 3.91. The molecule has 0 saturated carbocycles. The molecule has 7 heteroatoms. The molecule has 22 heavy (non-hydrogen) atoms. The molecular weight excluding hydrogens is 285 g/mol. The largest absolute Gasteiger partial charge is 0.367 e. The van der Waals surface area contributed by atoms with Gasteiger partial charge in [-0.1, -0.05) is 6.07 Å². The molecule has 0 aliphatic carbocycles. The summed E-state index contributed by atoms with van der Waals surface area (Å²) in [6, 6.07) is 4.60. The number of hydrogen-bond acceptors (Lipinski definition) is 4. The molecule has 2 N–H and O–H groups in total. The molecule has 0 radical (unpaired) electrons. The van der Waals surface area contributed by atoms with E-state index in [1.165, 1.54) is 6.07 Å². The van der Waals surface area contributed by atoms with Crippen LogP contribution in [-0.2, 0) is 7.05 Å². The zero-order valence-corrected chi connectivity index (χ0v) is 12.4. The number of nitrogens with two attached hydrogens (primary N) is 1. The van der Waals surface area contributed by atoms with E-state index < -0.39 is 11.7 Å². The number of hydrogen-bond donors (Lipinski definition) is 1. The molecule has 1 aliphatic rings. The number of carbonyl (C=O) groups is 1. The number of primary amides is 1. The van der Waals surface area contributed by atoms with Gasteiger partial charge in [-0.25, -0.2) is 4.39 Å². The Morgan fingerprint density at radius 3 is 2.50 bits per heavy atom. The summed E-state index contributed by atoms with van der Waals surface area (Å²) < 4.78 is 15.6. The highest BCUT2D eigenvalue weighted by Crippen LogP contribution is 2.25. The molecule has 1 aromatic carbocycles. The van der Waals surface area contributed by atoms with Crippen molar-refractivity contribution in [1.29, 1.82) is 0 Å². The Morgan fingerprint density at radius 1 is 1.23 bits per heavy atom. The van der Waals surface area contributed by atoms with Crippen molar-refractivity contribution >= 4 is 17.3 Å². The number of aryl methyl sites for hydroxylation is 1. The van der Waals surface area contributed by atoms with E-state index in [1.807, 2.05) is 24.3 Å². The Morgan fingerprint density at radius 2 is 1.91 bits per heavy atom. The number of piperazine rings is 1. The van der Waals surface area contributed by atoms with Crippen LogP contribution in [0.2, 0.25) is 0 Å². The minimum absolute atomic E-state index is 0.0303. The first-order chi connectivity index (χ1) is 10.6. The molecule has 1 amide bonds. The van der Waals surface area contributed by atoms with Gasteiger partial charge in [-0.05, 0) is 12.1 Å². The maximum atomic E-state index is 13.9. The number of carbonyl (C=O) groups excluding carboxylic acids is 1. The second-order valence-corrected chi connectivity index (χ2v) is 5.34. The summed E-state index contributed by atoms with van der Waals surface area (Å²) in [5.41, 5.74) is 6.92. The number of rotatable bonds is 3. The van der Waals surface area contributed by atoms with E-state index >= 15 is 0 Å². The second-order valence-electron chi connectivity index (χ2n) is 5.34. The predicted octanol–water partition coefficient (Wildman–Crippen LogP) is 0.985. The first kappa shape index (κ1) is 14.4. The van der Waals surface area contributed by atoms with Crippen molar-refractivity contribution in [3.8, 4) is 0 Å². The van der Waals surface area contributed by atoms with E-state index in [0.29, 0.717) is 18.8 Å². The quantitative estimate of drug-likeness (QED) is 0.918. The Bertz CT molecular complexity index is 691. The number of anilines is 2. The van der Waals surface area contributed by atoms with Crippen molar-refractivity contribution in [2.45, 2.75) is 0 Å². The fourth-order valence-corrected chi connectivity index (χ4v) is 2.80. The molecule has 0 atom stereocenters. The highest BCUT2D eigenvalue weighted by molar-refractivity contribution is 5.99. The predicted molar refractivity (Wildman–Crippen MR) is 82.6 cm³/mol. The van der Waals surface area contributed by atoms with Crippen LogP contribution in [0.3, 0.4) is 0 Å². The normalized spacial score (nSPS) is 15.2. The number of aromatic nitrogens is 2. The highest BCUT2D eigenvalue weighted by Gasteiger charge is 2.23.